The van der Waals surface area contributed by atoms with Crippen LogP contribution in [0.3, 0.4) is 0 Å². The molecule has 0 saturated carbocycles. The van der Waals surface area contributed by atoms with E-state index in [-0.39, 0.29) is 22.8 Å². The number of carbonyl (C=O) groups is 2. The first kappa shape index (κ1) is 18.9. The Morgan fingerprint density at radius 1 is 1.32 bits per heavy atom. The number of sulfone groups is 1. The zero-order valence-electron chi connectivity index (χ0n) is 14.2. The van der Waals surface area contributed by atoms with E-state index in [1.54, 1.807) is 0 Å². The van der Waals surface area contributed by atoms with E-state index in [0.717, 1.165) is 24.5 Å². The lowest BCUT2D eigenvalue weighted by molar-refractivity contribution is -0.159. The molecule has 0 aromatic heterocycles. The number of cyclic esters (lactones) is 1. The number of hydrogen-bond acceptors (Lipinski definition) is 6. The molecule has 0 N–H and O–H groups in total. The van der Waals surface area contributed by atoms with E-state index in [2.05, 4.69) is 0 Å². The highest BCUT2D eigenvalue weighted by Gasteiger charge is 2.38. The first-order valence-corrected chi connectivity index (χ1v) is 9.16. The zero-order valence-corrected chi connectivity index (χ0v) is 15.0. The molecule has 0 bridgehead atoms. The van der Waals surface area contributed by atoms with Crippen LogP contribution >= 0.6 is 0 Å². The smallest absolute Gasteiger partial charge is 0.377 e. The van der Waals surface area contributed by atoms with Crippen LogP contribution in [0, 0.1) is 5.82 Å². The summed E-state index contributed by atoms with van der Waals surface area (Å²) < 4.78 is 47.1. The molecule has 1 aliphatic rings. The second-order valence-electron chi connectivity index (χ2n) is 6.12. The predicted octanol–water partition coefficient (Wildman–Crippen LogP) is 1.38. The Hall–Kier alpha value is -2.42. The van der Waals surface area contributed by atoms with Gasteiger partial charge in [-0.3, -0.25) is 4.79 Å². The molecule has 0 atom stereocenters. The average Bonchev–Trinajstić information content (AvgIpc) is 2.71. The van der Waals surface area contributed by atoms with Crippen molar-refractivity contribution in [3.05, 3.63) is 41.4 Å². The van der Waals surface area contributed by atoms with Gasteiger partial charge in [-0.25, -0.2) is 17.6 Å². The first-order chi connectivity index (χ1) is 11.4. The summed E-state index contributed by atoms with van der Waals surface area (Å²) in [6, 6.07) is 3.31. The normalized spacial score (nSPS) is 18.0. The maximum absolute atomic E-state index is 13.3. The maximum atomic E-state index is 13.3. The third-order valence-electron chi connectivity index (χ3n) is 3.36. The van der Waals surface area contributed by atoms with Crippen LogP contribution in [-0.2, 0) is 35.4 Å². The van der Waals surface area contributed by atoms with Crippen LogP contribution in [-0.4, -0.2) is 44.3 Å². The average molecular weight is 371 g/mol. The van der Waals surface area contributed by atoms with Gasteiger partial charge in [-0.15, -0.1) is 0 Å². The fraction of sp³-hybridized carbons (Fsp3) is 0.375. The minimum Gasteiger partial charge on any atom is -0.445 e. The maximum Gasteiger partial charge on any atom is 0.377 e. The van der Waals surface area contributed by atoms with Crippen LogP contribution in [0.4, 0.5) is 4.39 Å². The summed E-state index contributed by atoms with van der Waals surface area (Å²) in [5.74, 6) is -3.42. The second-order valence-corrected chi connectivity index (χ2v) is 8.10. The van der Waals surface area contributed by atoms with Crippen molar-refractivity contribution in [2.45, 2.75) is 31.1 Å². The summed E-state index contributed by atoms with van der Waals surface area (Å²) in [5, 5.41) is 0. The molecule has 1 amide bonds. The van der Waals surface area contributed by atoms with Gasteiger partial charge in [0.15, 0.2) is 9.84 Å². The van der Waals surface area contributed by atoms with Gasteiger partial charge in [0.05, 0.1) is 11.0 Å². The minimum atomic E-state index is -3.67. The molecule has 1 saturated heterocycles. The van der Waals surface area contributed by atoms with Crippen LogP contribution in [0.15, 0.2) is 34.9 Å². The summed E-state index contributed by atoms with van der Waals surface area (Å²) in [6.07, 6.45) is 1.93. The van der Waals surface area contributed by atoms with Crippen molar-refractivity contribution >= 4 is 21.7 Å². The summed E-state index contributed by atoms with van der Waals surface area (Å²) >= 11 is 0. The van der Waals surface area contributed by atoms with E-state index >= 15 is 0 Å². The number of rotatable bonds is 4. The molecule has 9 heteroatoms. The van der Waals surface area contributed by atoms with Gasteiger partial charge in [0.1, 0.15) is 5.82 Å². The van der Waals surface area contributed by atoms with Gasteiger partial charge in [0.25, 0.3) is 5.91 Å². The summed E-state index contributed by atoms with van der Waals surface area (Å²) in [6.45, 7) is 2.96. The van der Waals surface area contributed by atoms with E-state index in [1.807, 2.05) is 0 Å². The molecule has 0 aliphatic carbocycles. The van der Waals surface area contributed by atoms with Crippen LogP contribution in [0.25, 0.3) is 0 Å². The van der Waals surface area contributed by atoms with E-state index in [9.17, 15) is 22.4 Å². The summed E-state index contributed by atoms with van der Waals surface area (Å²) in [7, 11) is -2.25. The van der Waals surface area contributed by atoms with Crippen molar-refractivity contribution in [3.8, 4) is 0 Å². The van der Waals surface area contributed by atoms with E-state index in [0.29, 0.717) is 0 Å². The molecule has 0 radical (unpaired) electrons. The molecule has 136 valence electrons. The Kier molecular flexibility index (Phi) is 4.90. The Bertz CT molecular complexity index is 859. The van der Waals surface area contributed by atoms with E-state index < -0.39 is 33.3 Å². The second kappa shape index (κ2) is 6.47. The van der Waals surface area contributed by atoms with E-state index in [4.69, 9.17) is 9.47 Å². The molecule has 1 aromatic rings. The highest BCUT2D eigenvalue weighted by atomic mass is 32.2. The Balaban J connectivity index is 2.22. The number of hydrogen-bond donors (Lipinski definition) is 0. The molecule has 1 aromatic carbocycles. The molecule has 0 spiro atoms. The van der Waals surface area contributed by atoms with Crippen molar-refractivity contribution in [2.75, 3.05) is 13.3 Å². The fourth-order valence-electron chi connectivity index (χ4n) is 2.25. The zero-order chi connectivity index (χ0) is 19.0. The standard InChI is InChI=1S/C16H18FNO6S/c1-16(2)23-12(15(20)24-16)8-14(19)18(3)9-10-5-6-11(17)7-13(10)25(4,21)22/h5-8H,9H2,1-4H3/b12-8-. The topological polar surface area (TPSA) is 90.0 Å². The molecule has 25 heavy (non-hydrogen) atoms. The number of halogens is 1. The first-order valence-electron chi connectivity index (χ1n) is 7.27. The van der Waals surface area contributed by atoms with Crippen molar-refractivity contribution in [1.29, 1.82) is 0 Å². The molecular formula is C16H18FNO6S. The number of benzene rings is 1. The number of carbonyl (C=O) groups excluding carboxylic acids is 2. The number of nitrogens with zero attached hydrogens (tertiary/aromatic N) is 1. The van der Waals surface area contributed by atoms with Gasteiger partial charge in [0.2, 0.25) is 11.5 Å². The van der Waals surface area contributed by atoms with Crippen LogP contribution in [0.1, 0.15) is 19.4 Å². The SMILES string of the molecule is CN(Cc1ccc(F)cc1S(C)(=O)=O)C(=O)/C=C1\OC(C)(C)OC1=O. The molecule has 0 unspecified atom stereocenters. The highest BCUT2D eigenvalue weighted by Crippen LogP contribution is 2.26. The third-order valence-corrected chi connectivity index (χ3v) is 4.54. The number of likely N-dealkylation sites (N-methyl/N-ethyl adjacent to an activating group) is 1. The summed E-state index contributed by atoms with van der Waals surface area (Å²) in [4.78, 5) is 24.8. The van der Waals surface area contributed by atoms with Gasteiger partial charge in [-0.2, -0.15) is 0 Å². The summed E-state index contributed by atoms with van der Waals surface area (Å²) in [5.41, 5.74) is 0.258. The Morgan fingerprint density at radius 2 is 1.96 bits per heavy atom. The lowest BCUT2D eigenvalue weighted by Crippen LogP contribution is -2.26. The third kappa shape index (κ3) is 4.56. The highest BCUT2D eigenvalue weighted by molar-refractivity contribution is 7.90. The van der Waals surface area contributed by atoms with Gasteiger partial charge in [0, 0.05) is 33.7 Å². The van der Waals surface area contributed by atoms with Gasteiger partial charge >= 0.3 is 5.97 Å². The Morgan fingerprint density at radius 3 is 2.48 bits per heavy atom. The molecular weight excluding hydrogens is 353 g/mol. The van der Waals surface area contributed by atoms with E-state index in [1.165, 1.54) is 31.9 Å². The van der Waals surface area contributed by atoms with Crippen molar-refractivity contribution in [1.82, 2.24) is 4.90 Å². The molecule has 1 heterocycles. The van der Waals surface area contributed by atoms with Crippen molar-refractivity contribution in [3.63, 3.8) is 0 Å². The van der Waals surface area contributed by atoms with Crippen molar-refractivity contribution in [2.24, 2.45) is 0 Å². The van der Waals surface area contributed by atoms with Crippen molar-refractivity contribution < 1.29 is 31.9 Å². The molecule has 2 rings (SSSR count). The van der Waals surface area contributed by atoms with Gasteiger partial charge in [-0.1, -0.05) is 6.07 Å². The number of ether oxygens (including phenoxy) is 2. The monoisotopic (exact) mass is 371 g/mol. The lowest BCUT2D eigenvalue weighted by atomic mass is 10.2. The minimum absolute atomic E-state index is 0.0935. The van der Waals surface area contributed by atoms with Crippen LogP contribution < -0.4 is 0 Å². The number of amides is 1. The molecule has 1 aliphatic heterocycles. The number of esters is 1. The fourth-order valence-corrected chi connectivity index (χ4v) is 3.18. The lowest BCUT2D eigenvalue weighted by Gasteiger charge is -2.18. The Labute approximate surface area is 144 Å². The van der Waals surface area contributed by atoms with Gasteiger partial charge < -0.3 is 14.4 Å². The largest absolute Gasteiger partial charge is 0.445 e. The quantitative estimate of drug-likeness (QED) is 0.587. The van der Waals surface area contributed by atoms with Crippen LogP contribution in [0.5, 0.6) is 0 Å². The van der Waals surface area contributed by atoms with Gasteiger partial charge in [-0.05, 0) is 17.7 Å². The molecule has 7 nitrogen and oxygen atoms in total. The van der Waals surface area contributed by atoms with Crippen LogP contribution in [0.2, 0.25) is 0 Å². The molecule has 1 fully saturated rings. The predicted molar refractivity (Wildman–Crippen MR) is 85.3 cm³/mol.